The lowest BCUT2D eigenvalue weighted by Gasteiger charge is -2.38. The third-order valence-electron chi connectivity index (χ3n) is 4.74. The van der Waals surface area contributed by atoms with Crippen LogP contribution in [0.3, 0.4) is 0 Å². The fourth-order valence-electron chi connectivity index (χ4n) is 3.82. The number of hydrogen-bond donors (Lipinski definition) is 0. The van der Waals surface area contributed by atoms with Crippen molar-refractivity contribution >= 4 is 20.9 Å². The van der Waals surface area contributed by atoms with E-state index in [1.54, 1.807) is 12.1 Å². The van der Waals surface area contributed by atoms with Crippen LogP contribution in [0.15, 0.2) is 41.3 Å². The molecule has 0 N–H and O–H groups in total. The predicted molar refractivity (Wildman–Crippen MR) is 78.1 cm³/mol. The van der Waals surface area contributed by atoms with Crippen molar-refractivity contribution in [3.63, 3.8) is 0 Å². The van der Waals surface area contributed by atoms with Crippen LogP contribution in [-0.2, 0) is 19.0 Å². The maximum Gasteiger partial charge on any atom is 0.304 e. The van der Waals surface area contributed by atoms with Gasteiger partial charge in [0.2, 0.25) is 0 Å². The lowest BCUT2D eigenvalue weighted by Crippen LogP contribution is -2.51. The van der Waals surface area contributed by atoms with Gasteiger partial charge in [-0.3, -0.25) is 0 Å². The zero-order chi connectivity index (χ0) is 14.9. The summed E-state index contributed by atoms with van der Waals surface area (Å²) in [5.41, 5.74) is 0. The molecule has 1 spiro atoms. The van der Waals surface area contributed by atoms with Crippen molar-refractivity contribution in [2.24, 2.45) is 0 Å². The van der Waals surface area contributed by atoms with Crippen LogP contribution >= 0.6 is 0 Å². The van der Waals surface area contributed by atoms with E-state index in [2.05, 4.69) is 0 Å². The Morgan fingerprint density at radius 2 is 1.95 bits per heavy atom. The van der Waals surface area contributed by atoms with E-state index in [9.17, 15) is 8.42 Å². The molecular formula is C16H14O5S. The van der Waals surface area contributed by atoms with Gasteiger partial charge in [0.1, 0.15) is 16.7 Å². The molecule has 5 rings (SSSR count). The van der Waals surface area contributed by atoms with E-state index in [-0.39, 0.29) is 17.1 Å². The van der Waals surface area contributed by atoms with Crippen LogP contribution in [0.25, 0.3) is 10.8 Å². The van der Waals surface area contributed by atoms with Crippen LogP contribution in [0.5, 0.6) is 5.75 Å². The smallest absolute Gasteiger partial charge is 0.304 e. The molecule has 6 heteroatoms. The summed E-state index contributed by atoms with van der Waals surface area (Å²) in [5.74, 6) is -0.821. The molecule has 3 aliphatic rings. The Kier molecular flexibility index (Phi) is 2.35. The molecule has 2 bridgehead atoms. The first-order valence-corrected chi connectivity index (χ1v) is 8.80. The maximum absolute atomic E-state index is 12.8. The van der Waals surface area contributed by atoms with E-state index < -0.39 is 15.9 Å². The van der Waals surface area contributed by atoms with E-state index in [0.717, 1.165) is 18.2 Å². The monoisotopic (exact) mass is 318 g/mol. The summed E-state index contributed by atoms with van der Waals surface area (Å²) in [7, 11) is -3.89. The molecule has 114 valence electrons. The molecule has 5 nitrogen and oxygen atoms in total. The van der Waals surface area contributed by atoms with Crippen molar-refractivity contribution in [2.45, 2.75) is 42.2 Å². The topological polar surface area (TPSA) is 61.8 Å². The van der Waals surface area contributed by atoms with E-state index in [0.29, 0.717) is 17.6 Å². The molecule has 2 saturated heterocycles. The van der Waals surface area contributed by atoms with Crippen LogP contribution in [0.1, 0.15) is 19.3 Å². The van der Waals surface area contributed by atoms with Crippen LogP contribution in [0.4, 0.5) is 0 Å². The summed E-state index contributed by atoms with van der Waals surface area (Å²) < 4.78 is 42.8. The van der Waals surface area contributed by atoms with Gasteiger partial charge in [-0.05, 0) is 24.3 Å². The summed E-state index contributed by atoms with van der Waals surface area (Å²) in [5, 5.41) is 1.47. The molecule has 0 aliphatic carbocycles. The molecule has 3 unspecified atom stereocenters. The molecule has 0 saturated carbocycles. The average Bonchev–Trinajstić information content (AvgIpc) is 3.06. The Balaban J connectivity index is 1.74. The Hall–Kier alpha value is -1.63. The minimum Gasteiger partial charge on any atom is -0.457 e. The van der Waals surface area contributed by atoms with Crippen molar-refractivity contribution in [1.29, 1.82) is 0 Å². The first-order chi connectivity index (χ1) is 10.6. The summed E-state index contributed by atoms with van der Waals surface area (Å²) in [6.45, 7) is 0. The van der Waals surface area contributed by atoms with Gasteiger partial charge in [0, 0.05) is 11.8 Å². The molecule has 3 atom stereocenters. The zero-order valence-electron chi connectivity index (χ0n) is 11.7. The van der Waals surface area contributed by atoms with Gasteiger partial charge in [0.25, 0.3) is 5.79 Å². The van der Waals surface area contributed by atoms with Crippen molar-refractivity contribution in [1.82, 2.24) is 0 Å². The molecule has 0 amide bonds. The highest BCUT2D eigenvalue weighted by atomic mass is 32.2. The molecule has 0 radical (unpaired) electrons. The van der Waals surface area contributed by atoms with Gasteiger partial charge in [-0.25, -0.2) is 4.18 Å². The van der Waals surface area contributed by atoms with Crippen molar-refractivity contribution in [3.05, 3.63) is 36.4 Å². The number of fused-ring (bicyclic) bond motifs is 6. The quantitative estimate of drug-likeness (QED) is 0.699. The lowest BCUT2D eigenvalue weighted by atomic mass is 9.94. The highest BCUT2D eigenvalue weighted by Gasteiger charge is 2.60. The molecule has 2 aromatic rings. The second-order valence-electron chi connectivity index (χ2n) is 6.09. The van der Waals surface area contributed by atoms with E-state index in [1.807, 2.05) is 24.3 Å². The minimum atomic E-state index is -3.89. The Bertz CT molecular complexity index is 891. The molecular weight excluding hydrogens is 304 g/mol. The molecule has 3 aliphatic heterocycles. The van der Waals surface area contributed by atoms with E-state index >= 15 is 0 Å². The van der Waals surface area contributed by atoms with Crippen LogP contribution in [0.2, 0.25) is 0 Å². The van der Waals surface area contributed by atoms with E-state index in [1.165, 1.54) is 0 Å². The fourth-order valence-corrected chi connectivity index (χ4v) is 5.29. The highest BCUT2D eigenvalue weighted by molar-refractivity contribution is 7.87. The van der Waals surface area contributed by atoms with Gasteiger partial charge in [0.15, 0.2) is 0 Å². The lowest BCUT2D eigenvalue weighted by molar-refractivity contribution is -0.155. The summed E-state index contributed by atoms with van der Waals surface area (Å²) in [6, 6.07) is 10.9. The predicted octanol–water partition coefficient (Wildman–Crippen LogP) is 2.59. The van der Waals surface area contributed by atoms with Gasteiger partial charge >= 0.3 is 10.1 Å². The Labute approximate surface area is 127 Å². The molecule has 22 heavy (non-hydrogen) atoms. The van der Waals surface area contributed by atoms with Crippen molar-refractivity contribution < 1.29 is 22.1 Å². The summed E-state index contributed by atoms with van der Waals surface area (Å²) in [6.07, 6.45) is 1.88. The number of hydrogen-bond acceptors (Lipinski definition) is 5. The standard InChI is InChI=1S/C16H14O5S/c17-22(18)15-12-4-2-1-3-10(12)5-7-13(15)20-16(21-22)9-11-6-8-14(16)19-11/h1-5,7,11,14H,6,8-9H2. The first kappa shape index (κ1) is 12.9. The number of benzene rings is 2. The average molecular weight is 318 g/mol. The number of ether oxygens (including phenoxy) is 2. The minimum absolute atomic E-state index is 0.0298. The van der Waals surface area contributed by atoms with Gasteiger partial charge in [0.05, 0.1) is 6.10 Å². The molecule has 0 aromatic heterocycles. The van der Waals surface area contributed by atoms with Crippen LogP contribution < -0.4 is 4.74 Å². The largest absolute Gasteiger partial charge is 0.457 e. The van der Waals surface area contributed by atoms with E-state index in [4.69, 9.17) is 13.7 Å². The summed E-state index contributed by atoms with van der Waals surface area (Å²) >= 11 is 0. The first-order valence-electron chi connectivity index (χ1n) is 7.39. The van der Waals surface area contributed by atoms with Crippen molar-refractivity contribution in [3.8, 4) is 5.75 Å². The third-order valence-corrected chi connectivity index (χ3v) is 6.16. The Morgan fingerprint density at radius 3 is 2.73 bits per heavy atom. The summed E-state index contributed by atoms with van der Waals surface area (Å²) in [4.78, 5) is 0.124. The zero-order valence-corrected chi connectivity index (χ0v) is 12.5. The Morgan fingerprint density at radius 1 is 1.09 bits per heavy atom. The number of rotatable bonds is 0. The normalized spacial score (nSPS) is 34.7. The van der Waals surface area contributed by atoms with Crippen LogP contribution in [-0.4, -0.2) is 26.4 Å². The van der Waals surface area contributed by atoms with Gasteiger partial charge in [-0.1, -0.05) is 30.3 Å². The maximum atomic E-state index is 12.8. The molecule has 2 aromatic carbocycles. The fraction of sp³-hybridized carbons (Fsp3) is 0.375. The SMILES string of the molecule is O=S1(=O)OC2(CC3CCC2O3)Oc2ccc3ccccc3c21. The van der Waals surface area contributed by atoms with Crippen LogP contribution in [0, 0.1) is 0 Å². The second kappa shape index (κ2) is 4.01. The molecule has 2 fully saturated rings. The second-order valence-corrected chi connectivity index (χ2v) is 7.58. The van der Waals surface area contributed by atoms with Crippen molar-refractivity contribution in [2.75, 3.05) is 0 Å². The highest BCUT2D eigenvalue weighted by Crippen LogP contribution is 2.51. The van der Waals surface area contributed by atoms with Gasteiger partial charge in [-0.15, -0.1) is 0 Å². The molecule has 3 heterocycles. The van der Waals surface area contributed by atoms with Gasteiger partial charge in [-0.2, -0.15) is 8.42 Å². The van der Waals surface area contributed by atoms with Gasteiger partial charge < -0.3 is 9.47 Å². The third kappa shape index (κ3) is 1.57.